The van der Waals surface area contributed by atoms with Crippen LogP contribution in [0.5, 0.6) is 5.75 Å². The number of carbonyl (C=O) groups is 1. The van der Waals surface area contributed by atoms with E-state index in [-0.39, 0.29) is 12.0 Å². The van der Waals surface area contributed by atoms with Crippen LogP contribution < -0.4 is 4.74 Å². The fourth-order valence-corrected chi connectivity index (χ4v) is 3.07. The molecule has 0 bridgehead atoms. The predicted octanol–water partition coefficient (Wildman–Crippen LogP) is 3.60. The van der Waals surface area contributed by atoms with Crippen LogP contribution in [-0.4, -0.2) is 35.7 Å². The molecule has 1 aliphatic heterocycles. The first-order valence-electron chi connectivity index (χ1n) is 7.42. The fraction of sp³-hybridized carbons (Fsp3) is 0.562. The average molecular weight is 312 g/mol. The van der Waals surface area contributed by atoms with Gasteiger partial charge in [0.1, 0.15) is 5.75 Å². The molecule has 0 amide bonds. The summed E-state index contributed by atoms with van der Waals surface area (Å²) in [7, 11) is 0. The summed E-state index contributed by atoms with van der Waals surface area (Å²) in [5.74, 6) is -0.161. The number of hydrogen-bond donors (Lipinski definition) is 1. The summed E-state index contributed by atoms with van der Waals surface area (Å²) in [6.45, 7) is 6.11. The lowest BCUT2D eigenvalue weighted by Gasteiger charge is -2.36. The van der Waals surface area contributed by atoms with Gasteiger partial charge in [0.2, 0.25) is 0 Å². The van der Waals surface area contributed by atoms with Crippen LogP contribution in [0.15, 0.2) is 18.2 Å². The summed E-state index contributed by atoms with van der Waals surface area (Å²) >= 11 is 6.11. The predicted molar refractivity (Wildman–Crippen MR) is 83.0 cm³/mol. The Kier molecular flexibility index (Phi) is 5.48. The van der Waals surface area contributed by atoms with E-state index in [2.05, 4.69) is 11.8 Å². The topological polar surface area (TPSA) is 49.8 Å². The largest absolute Gasteiger partial charge is 0.494 e. The van der Waals surface area contributed by atoms with Crippen molar-refractivity contribution in [3.05, 3.63) is 28.8 Å². The number of ether oxygens (including phenoxy) is 1. The third-order valence-corrected chi connectivity index (χ3v) is 4.31. The first-order chi connectivity index (χ1) is 10.0. The molecule has 0 spiro atoms. The maximum Gasteiger partial charge on any atom is 0.307 e. The van der Waals surface area contributed by atoms with Gasteiger partial charge in [0.15, 0.2) is 0 Å². The van der Waals surface area contributed by atoms with E-state index in [9.17, 15) is 9.90 Å². The molecule has 0 radical (unpaired) electrons. The second-order valence-corrected chi connectivity index (χ2v) is 5.90. The Balaban J connectivity index is 2.20. The quantitative estimate of drug-likeness (QED) is 0.902. The van der Waals surface area contributed by atoms with Gasteiger partial charge in [0.25, 0.3) is 0 Å². The number of piperidine rings is 1. The van der Waals surface area contributed by atoms with Crippen LogP contribution in [0.1, 0.15) is 38.3 Å². The number of carboxylic acids is 1. The molecule has 0 saturated carbocycles. The summed E-state index contributed by atoms with van der Waals surface area (Å²) in [5, 5.41) is 9.89. The first-order valence-corrected chi connectivity index (χ1v) is 7.79. The van der Waals surface area contributed by atoms with Crippen LogP contribution in [0.3, 0.4) is 0 Å². The van der Waals surface area contributed by atoms with Crippen molar-refractivity contribution in [1.29, 1.82) is 0 Å². The van der Waals surface area contributed by atoms with Crippen LogP contribution in [0.4, 0.5) is 0 Å². The van der Waals surface area contributed by atoms with Crippen LogP contribution in [-0.2, 0) is 4.79 Å². The number of hydrogen-bond acceptors (Lipinski definition) is 3. The van der Waals surface area contributed by atoms with E-state index in [1.54, 1.807) is 0 Å². The first kappa shape index (κ1) is 16.1. The Morgan fingerprint density at radius 1 is 1.57 bits per heavy atom. The number of likely N-dealkylation sites (tertiary alicyclic amines) is 1. The maximum atomic E-state index is 11.2. The summed E-state index contributed by atoms with van der Waals surface area (Å²) in [6.07, 6.45) is 1.66. The molecule has 5 heteroatoms. The second kappa shape index (κ2) is 7.14. The highest BCUT2D eigenvalue weighted by Crippen LogP contribution is 2.34. The molecule has 2 rings (SSSR count). The number of carboxylic acid groups (broad SMARTS) is 1. The van der Waals surface area contributed by atoms with Crippen molar-refractivity contribution in [1.82, 2.24) is 4.90 Å². The highest BCUT2D eigenvalue weighted by Gasteiger charge is 2.29. The normalized spacial score (nSPS) is 21.0. The zero-order chi connectivity index (χ0) is 15.4. The van der Waals surface area contributed by atoms with Gasteiger partial charge in [-0.3, -0.25) is 9.69 Å². The lowest BCUT2D eigenvalue weighted by molar-refractivity contribution is -0.143. The Hall–Kier alpha value is -1.26. The van der Waals surface area contributed by atoms with Crippen molar-refractivity contribution in [2.24, 2.45) is 5.92 Å². The second-order valence-electron chi connectivity index (χ2n) is 5.46. The Morgan fingerprint density at radius 3 is 3.00 bits per heavy atom. The van der Waals surface area contributed by atoms with E-state index in [1.807, 2.05) is 25.1 Å². The molecule has 0 aromatic heterocycles. The fourth-order valence-electron chi connectivity index (χ4n) is 2.89. The number of rotatable bonds is 5. The van der Waals surface area contributed by atoms with E-state index in [4.69, 9.17) is 16.3 Å². The average Bonchev–Trinajstić information content (AvgIpc) is 2.48. The Bertz CT molecular complexity index is 506. The molecule has 1 aromatic rings. The summed E-state index contributed by atoms with van der Waals surface area (Å²) in [6, 6.07) is 5.71. The van der Waals surface area contributed by atoms with Crippen LogP contribution >= 0.6 is 11.6 Å². The molecular weight excluding hydrogens is 290 g/mol. The molecular formula is C16H22ClNO3. The van der Waals surface area contributed by atoms with Gasteiger partial charge in [-0.05, 0) is 51.4 Å². The minimum Gasteiger partial charge on any atom is -0.494 e. The molecule has 21 heavy (non-hydrogen) atoms. The van der Waals surface area contributed by atoms with Gasteiger partial charge in [0, 0.05) is 23.2 Å². The summed E-state index contributed by atoms with van der Waals surface area (Å²) in [5.41, 5.74) is 1.02. The van der Waals surface area contributed by atoms with E-state index < -0.39 is 5.97 Å². The summed E-state index contributed by atoms with van der Waals surface area (Å²) < 4.78 is 5.68. The number of aliphatic carboxylic acids is 1. The third-order valence-electron chi connectivity index (χ3n) is 4.07. The van der Waals surface area contributed by atoms with Gasteiger partial charge in [0.05, 0.1) is 12.5 Å². The molecule has 116 valence electrons. The number of benzene rings is 1. The van der Waals surface area contributed by atoms with E-state index in [0.29, 0.717) is 18.2 Å². The molecule has 1 fully saturated rings. The van der Waals surface area contributed by atoms with Gasteiger partial charge in [-0.25, -0.2) is 0 Å². The SMILES string of the molecule is CCOc1ccc(Cl)cc1C(C)N1CCCC(C(=O)O)C1. The van der Waals surface area contributed by atoms with Gasteiger partial charge >= 0.3 is 5.97 Å². The molecule has 0 aliphatic carbocycles. The highest BCUT2D eigenvalue weighted by atomic mass is 35.5. The molecule has 2 atom stereocenters. The minimum absolute atomic E-state index is 0.0902. The van der Waals surface area contributed by atoms with E-state index in [1.165, 1.54) is 0 Å². The monoisotopic (exact) mass is 311 g/mol. The Morgan fingerprint density at radius 2 is 2.33 bits per heavy atom. The van der Waals surface area contributed by atoms with Crippen molar-refractivity contribution in [3.63, 3.8) is 0 Å². The molecule has 1 aliphatic rings. The van der Waals surface area contributed by atoms with Crippen molar-refractivity contribution in [2.45, 2.75) is 32.7 Å². The molecule has 1 aromatic carbocycles. The number of halogens is 1. The minimum atomic E-state index is -0.706. The zero-order valence-electron chi connectivity index (χ0n) is 12.5. The molecule has 1 heterocycles. The molecule has 1 saturated heterocycles. The number of nitrogens with zero attached hydrogens (tertiary/aromatic N) is 1. The van der Waals surface area contributed by atoms with E-state index >= 15 is 0 Å². The van der Waals surface area contributed by atoms with Crippen molar-refractivity contribution in [2.75, 3.05) is 19.7 Å². The standard InChI is InChI=1S/C16H22ClNO3/c1-3-21-15-7-6-13(17)9-14(15)11(2)18-8-4-5-12(10-18)16(19)20/h6-7,9,11-12H,3-5,8,10H2,1-2H3,(H,19,20). The van der Waals surface area contributed by atoms with Crippen molar-refractivity contribution >= 4 is 17.6 Å². The van der Waals surface area contributed by atoms with Gasteiger partial charge in [-0.2, -0.15) is 0 Å². The third kappa shape index (κ3) is 3.89. The molecule has 1 N–H and O–H groups in total. The van der Waals surface area contributed by atoms with Gasteiger partial charge in [-0.15, -0.1) is 0 Å². The van der Waals surface area contributed by atoms with Crippen molar-refractivity contribution < 1.29 is 14.6 Å². The maximum absolute atomic E-state index is 11.2. The molecule has 4 nitrogen and oxygen atoms in total. The lowest BCUT2D eigenvalue weighted by Crippen LogP contribution is -2.40. The van der Waals surface area contributed by atoms with Gasteiger partial charge in [-0.1, -0.05) is 11.6 Å². The van der Waals surface area contributed by atoms with Crippen LogP contribution in [0, 0.1) is 5.92 Å². The highest BCUT2D eigenvalue weighted by molar-refractivity contribution is 6.30. The molecule has 2 unspecified atom stereocenters. The smallest absolute Gasteiger partial charge is 0.307 e. The lowest BCUT2D eigenvalue weighted by atomic mass is 9.95. The van der Waals surface area contributed by atoms with Gasteiger partial charge < -0.3 is 9.84 Å². The Labute approximate surface area is 130 Å². The summed E-state index contributed by atoms with van der Waals surface area (Å²) in [4.78, 5) is 13.4. The van der Waals surface area contributed by atoms with Crippen LogP contribution in [0.2, 0.25) is 5.02 Å². The van der Waals surface area contributed by atoms with E-state index in [0.717, 1.165) is 30.7 Å². The van der Waals surface area contributed by atoms with Crippen molar-refractivity contribution in [3.8, 4) is 5.75 Å². The zero-order valence-corrected chi connectivity index (χ0v) is 13.3. The van der Waals surface area contributed by atoms with Crippen LogP contribution in [0.25, 0.3) is 0 Å².